The second kappa shape index (κ2) is 5.11. The minimum atomic E-state index is -4.51. The molecule has 8 heteroatoms. The number of nitrogens with zero attached hydrogens (tertiary/aromatic N) is 3. The van der Waals surface area contributed by atoms with Gasteiger partial charge in [-0.25, -0.2) is 4.98 Å². The topological polar surface area (TPSA) is 61.9 Å². The van der Waals surface area contributed by atoms with E-state index in [0.717, 1.165) is 17.3 Å². The van der Waals surface area contributed by atoms with E-state index in [1.165, 1.54) is 13.0 Å². The van der Waals surface area contributed by atoms with Crippen LogP contribution in [0.4, 0.5) is 13.2 Å². The summed E-state index contributed by atoms with van der Waals surface area (Å²) < 4.78 is 37.9. The number of pyridine rings is 1. The monoisotopic (exact) mass is 310 g/mol. The molecule has 5 nitrogen and oxygen atoms in total. The van der Waals surface area contributed by atoms with Crippen LogP contribution in [0.1, 0.15) is 33.0 Å². The van der Waals surface area contributed by atoms with Crippen molar-refractivity contribution in [3.05, 3.63) is 46.5 Å². The summed E-state index contributed by atoms with van der Waals surface area (Å²) in [5.74, 6) is -0.314. The molecule has 0 saturated heterocycles. The van der Waals surface area contributed by atoms with Crippen LogP contribution in [0, 0.1) is 6.92 Å². The first kappa shape index (κ1) is 14.6. The van der Waals surface area contributed by atoms with Crippen molar-refractivity contribution in [2.45, 2.75) is 26.1 Å². The van der Waals surface area contributed by atoms with Crippen LogP contribution in [-0.2, 0) is 19.1 Å². The number of rotatable bonds is 1. The number of aromatic nitrogens is 3. The van der Waals surface area contributed by atoms with E-state index >= 15 is 0 Å². The predicted molar refractivity (Wildman–Crippen MR) is 71.0 cm³/mol. The highest BCUT2D eigenvalue weighted by atomic mass is 19.4. The van der Waals surface area contributed by atoms with Gasteiger partial charge in [-0.15, -0.1) is 0 Å². The fourth-order valence-electron chi connectivity index (χ4n) is 2.51. The highest BCUT2D eigenvalue weighted by molar-refractivity contribution is 5.95. The molecule has 3 rings (SSSR count). The van der Waals surface area contributed by atoms with Gasteiger partial charge < -0.3 is 4.90 Å². The van der Waals surface area contributed by atoms with Crippen molar-refractivity contribution in [1.82, 2.24) is 20.1 Å². The fraction of sp³-hybridized carbons (Fsp3) is 0.357. The summed E-state index contributed by atoms with van der Waals surface area (Å²) in [6, 6.07) is 2.03. The van der Waals surface area contributed by atoms with Gasteiger partial charge in [0.15, 0.2) is 0 Å². The molecule has 1 amide bonds. The largest absolute Gasteiger partial charge is 0.433 e. The molecule has 0 fully saturated rings. The molecule has 0 saturated carbocycles. The van der Waals surface area contributed by atoms with Crippen LogP contribution < -0.4 is 0 Å². The molecule has 2 aromatic rings. The lowest BCUT2D eigenvalue weighted by Crippen LogP contribution is -2.36. The third kappa shape index (κ3) is 2.56. The van der Waals surface area contributed by atoms with Gasteiger partial charge in [-0.2, -0.15) is 18.3 Å². The normalized spacial score (nSPS) is 14.8. The number of carbonyl (C=O) groups excluding carboxylic acids is 1. The number of H-pyrrole nitrogens is 1. The average molecular weight is 310 g/mol. The smallest absolute Gasteiger partial charge is 0.334 e. The zero-order valence-electron chi connectivity index (χ0n) is 11.7. The molecule has 0 atom stereocenters. The molecule has 3 heterocycles. The van der Waals surface area contributed by atoms with Crippen molar-refractivity contribution in [3.8, 4) is 0 Å². The number of alkyl halides is 3. The van der Waals surface area contributed by atoms with Crippen molar-refractivity contribution in [1.29, 1.82) is 0 Å². The van der Waals surface area contributed by atoms with Gasteiger partial charge in [-0.05, 0) is 19.1 Å². The van der Waals surface area contributed by atoms with Crippen LogP contribution in [0.15, 0.2) is 18.3 Å². The minimum absolute atomic E-state index is 0.0813. The first-order valence-electron chi connectivity index (χ1n) is 6.71. The molecular formula is C14H13F3N4O. The molecule has 1 N–H and O–H groups in total. The molecule has 1 aliphatic heterocycles. The molecule has 0 spiro atoms. The highest BCUT2D eigenvalue weighted by Crippen LogP contribution is 2.28. The van der Waals surface area contributed by atoms with Crippen molar-refractivity contribution in [2.24, 2.45) is 0 Å². The molecule has 0 bridgehead atoms. The molecule has 1 aliphatic rings. The third-order valence-electron chi connectivity index (χ3n) is 3.69. The van der Waals surface area contributed by atoms with Crippen molar-refractivity contribution in [3.63, 3.8) is 0 Å². The second-order valence-electron chi connectivity index (χ2n) is 5.18. The van der Waals surface area contributed by atoms with E-state index in [4.69, 9.17) is 0 Å². The Kier molecular flexibility index (Phi) is 3.38. The number of nitrogens with one attached hydrogen (secondary N) is 1. The Labute approximate surface area is 124 Å². The summed E-state index contributed by atoms with van der Waals surface area (Å²) in [6.45, 7) is 2.30. The maximum absolute atomic E-state index is 12.6. The van der Waals surface area contributed by atoms with Gasteiger partial charge in [0.2, 0.25) is 0 Å². The van der Waals surface area contributed by atoms with Gasteiger partial charge in [-0.1, -0.05) is 0 Å². The third-order valence-corrected chi connectivity index (χ3v) is 3.69. The quantitative estimate of drug-likeness (QED) is 0.879. The lowest BCUT2D eigenvalue weighted by molar-refractivity contribution is -0.141. The Morgan fingerprint density at radius 1 is 1.36 bits per heavy atom. The SMILES string of the molecule is Cc1nc(C(F)(F)F)ccc1C(=O)N1CCc2[nH]ncc2C1. The van der Waals surface area contributed by atoms with E-state index in [1.54, 1.807) is 11.1 Å². The zero-order valence-corrected chi connectivity index (χ0v) is 11.7. The summed E-state index contributed by atoms with van der Waals surface area (Å²) in [4.78, 5) is 17.6. The summed E-state index contributed by atoms with van der Waals surface area (Å²) in [7, 11) is 0. The van der Waals surface area contributed by atoms with Gasteiger partial charge in [0.1, 0.15) is 5.69 Å². The number of aryl methyl sites for hydroxylation is 1. The van der Waals surface area contributed by atoms with Crippen LogP contribution in [0.25, 0.3) is 0 Å². The molecule has 22 heavy (non-hydrogen) atoms. The standard InChI is InChI=1S/C14H13F3N4O/c1-8-10(2-3-12(19-8)14(15,16)17)13(22)21-5-4-11-9(7-21)6-18-20-11/h2-3,6H,4-5,7H2,1H3,(H,18,20). The molecule has 0 unspecified atom stereocenters. The van der Waals surface area contributed by atoms with Crippen LogP contribution in [0.3, 0.4) is 0 Å². The number of fused-ring (bicyclic) bond motifs is 1. The first-order chi connectivity index (χ1) is 10.4. The number of hydrogen-bond donors (Lipinski definition) is 1. The van der Waals surface area contributed by atoms with E-state index < -0.39 is 11.9 Å². The Balaban J connectivity index is 1.84. The summed E-state index contributed by atoms with van der Waals surface area (Å²) >= 11 is 0. The van der Waals surface area contributed by atoms with Gasteiger partial charge >= 0.3 is 6.18 Å². The number of hydrogen-bond acceptors (Lipinski definition) is 3. The minimum Gasteiger partial charge on any atom is -0.334 e. The van der Waals surface area contributed by atoms with Gasteiger partial charge in [-0.3, -0.25) is 9.89 Å². The van der Waals surface area contributed by atoms with Crippen LogP contribution in [-0.4, -0.2) is 32.5 Å². The van der Waals surface area contributed by atoms with E-state index in [1.807, 2.05) is 0 Å². The highest BCUT2D eigenvalue weighted by Gasteiger charge is 2.33. The lowest BCUT2D eigenvalue weighted by atomic mass is 10.1. The maximum Gasteiger partial charge on any atom is 0.433 e. The number of aromatic amines is 1. The molecule has 2 aromatic heterocycles. The molecular weight excluding hydrogens is 297 g/mol. The van der Waals surface area contributed by atoms with E-state index in [0.29, 0.717) is 19.5 Å². The number of amides is 1. The summed E-state index contributed by atoms with van der Waals surface area (Å²) in [6.07, 6.45) is -2.20. The van der Waals surface area contributed by atoms with Crippen molar-refractivity contribution in [2.75, 3.05) is 6.54 Å². The molecule has 0 radical (unpaired) electrons. The van der Waals surface area contributed by atoms with Crippen LogP contribution in [0.5, 0.6) is 0 Å². The lowest BCUT2D eigenvalue weighted by Gasteiger charge is -2.27. The van der Waals surface area contributed by atoms with Crippen LogP contribution >= 0.6 is 0 Å². The van der Waals surface area contributed by atoms with Gasteiger partial charge in [0, 0.05) is 30.8 Å². The zero-order chi connectivity index (χ0) is 15.9. The Hall–Kier alpha value is -2.38. The maximum atomic E-state index is 12.6. The van der Waals surface area contributed by atoms with Crippen molar-refractivity contribution >= 4 is 5.91 Å². The summed E-state index contributed by atoms with van der Waals surface area (Å²) in [5, 5.41) is 6.79. The van der Waals surface area contributed by atoms with Gasteiger partial charge in [0.05, 0.1) is 17.5 Å². The number of halogens is 3. The molecule has 0 aromatic carbocycles. The first-order valence-corrected chi connectivity index (χ1v) is 6.71. The van der Waals surface area contributed by atoms with Crippen LogP contribution in [0.2, 0.25) is 0 Å². The van der Waals surface area contributed by atoms with E-state index in [9.17, 15) is 18.0 Å². The second-order valence-corrected chi connectivity index (χ2v) is 5.18. The van der Waals surface area contributed by atoms with E-state index in [2.05, 4.69) is 15.2 Å². The fourth-order valence-corrected chi connectivity index (χ4v) is 2.51. The predicted octanol–water partition coefficient (Wildman–Crippen LogP) is 2.33. The Bertz CT molecular complexity index is 723. The van der Waals surface area contributed by atoms with Crippen molar-refractivity contribution < 1.29 is 18.0 Å². The average Bonchev–Trinajstić information content (AvgIpc) is 2.92. The van der Waals surface area contributed by atoms with E-state index in [-0.39, 0.29) is 17.2 Å². The molecule has 0 aliphatic carbocycles. The summed E-state index contributed by atoms with van der Waals surface area (Å²) in [5.41, 5.74) is 1.21. The Morgan fingerprint density at radius 2 is 2.14 bits per heavy atom. The number of carbonyl (C=O) groups is 1. The molecule has 116 valence electrons. The Morgan fingerprint density at radius 3 is 2.82 bits per heavy atom. The van der Waals surface area contributed by atoms with Gasteiger partial charge in [0.25, 0.3) is 5.91 Å².